The summed E-state index contributed by atoms with van der Waals surface area (Å²) in [5.74, 6) is 1.48. The van der Waals surface area contributed by atoms with Crippen molar-refractivity contribution in [3.63, 3.8) is 0 Å². The van der Waals surface area contributed by atoms with Crippen LogP contribution in [0.3, 0.4) is 0 Å². The van der Waals surface area contributed by atoms with Crippen LogP contribution < -0.4 is 10.3 Å². The summed E-state index contributed by atoms with van der Waals surface area (Å²) in [6, 6.07) is 18.1. The largest absolute Gasteiger partial charge is 0.488 e. The highest BCUT2D eigenvalue weighted by Gasteiger charge is 2.22. The van der Waals surface area contributed by atoms with E-state index in [-0.39, 0.29) is 18.1 Å². The van der Waals surface area contributed by atoms with Gasteiger partial charge in [-0.1, -0.05) is 72.3 Å². The molecule has 0 aliphatic heterocycles. The summed E-state index contributed by atoms with van der Waals surface area (Å²) < 4.78 is 7.50. The fourth-order valence-electron chi connectivity index (χ4n) is 4.54. The van der Waals surface area contributed by atoms with Crippen molar-refractivity contribution in [3.8, 4) is 5.75 Å². The SMILES string of the molecule is O=c1c2ccccc2nc(C2CCCCC2)n1N=Cc1cc(Cl)ccc1OCc1ccc(Cl)c(Cl)c1. The lowest BCUT2D eigenvalue weighted by Gasteiger charge is -2.22. The number of nitrogens with zero attached hydrogens (tertiary/aromatic N) is 3. The first-order valence-electron chi connectivity index (χ1n) is 11.9. The maximum absolute atomic E-state index is 13.5. The van der Waals surface area contributed by atoms with E-state index in [2.05, 4.69) is 5.10 Å². The van der Waals surface area contributed by atoms with E-state index in [4.69, 9.17) is 44.5 Å². The first-order chi connectivity index (χ1) is 17.5. The van der Waals surface area contributed by atoms with Crippen LogP contribution in [0.5, 0.6) is 5.75 Å². The third kappa shape index (κ3) is 5.44. The third-order valence-corrected chi connectivity index (χ3v) is 7.39. The van der Waals surface area contributed by atoms with E-state index < -0.39 is 0 Å². The zero-order chi connectivity index (χ0) is 25.1. The molecule has 0 bridgehead atoms. The molecule has 0 N–H and O–H groups in total. The van der Waals surface area contributed by atoms with E-state index in [1.54, 1.807) is 42.6 Å². The van der Waals surface area contributed by atoms with E-state index >= 15 is 0 Å². The zero-order valence-corrected chi connectivity index (χ0v) is 21.7. The molecule has 1 fully saturated rings. The van der Waals surface area contributed by atoms with Gasteiger partial charge in [0.1, 0.15) is 18.2 Å². The predicted molar refractivity (Wildman–Crippen MR) is 147 cm³/mol. The summed E-state index contributed by atoms with van der Waals surface area (Å²) in [5.41, 5.74) is 2.04. The maximum Gasteiger partial charge on any atom is 0.282 e. The second kappa shape index (κ2) is 11.0. The Morgan fingerprint density at radius 3 is 2.58 bits per heavy atom. The number of rotatable bonds is 6. The number of benzene rings is 3. The van der Waals surface area contributed by atoms with Crippen molar-refractivity contribution in [1.29, 1.82) is 0 Å². The highest BCUT2D eigenvalue weighted by Crippen LogP contribution is 2.32. The van der Waals surface area contributed by atoms with Crippen molar-refractivity contribution in [2.24, 2.45) is 5.10 Å². The molecule has 0 spiro atoms. The van der Waals surface area contributed by atoms with Gasteiger partial charge in [0.2, 0.25) is 0 Å². The van der Waals surface area contributed by atoms with Crippen LogP contribution in [0.2, 0.25) is 15.1 Å². The van der Waals surface area contributed by atoms with E-state index in [1.807, 2.05) is 24.3 Å². The number of fused-ring (bicyclic) bond motifs is 1. The van der Waals surface area contributed by atoms with Crippen LogP contribution in [0.25, 0.3) is 10.9 Å². The van der Waals surface area contributed by atoms with Crippen molar-refractivity contribution >= 4 is 51.9 Å². The molecular formula is C28H24Cl3N3O2. The van der Waals surface area contributed by atoms with E-state index in [1.165, 1.54) is 11.1 Å². The van der Waals surface area contributed by atoms with Crippen LogP contribution in [-0.2, 0) is 6.61 Å². The van der Waals surface area contributed by atoms with Crippen LogP contribution in [0.15, 0.2) is 70.6 Å². The van der Waals surface area contributed by atoms with Crippen LogP contribution >= 0.6 is 34.8 Å². The molecule has 1 aliphatic rings. The van der Waals surface area contributed by atoms with E-state index in [0.29, 0.717) is 43.1 Å². The first kappa shape index (κ1) is 24.8. The smallest absolute Gasteiger partial charge is 0.282 e. The lowest BCUT2D eigenvalue weighted by Crippen LogP contribution is -2.25. The van der Waals surface area contributed by atoms with Crippen LogP contribution in [0, 0.1) is 0 Å². The minimum Gasteiger partial charge on any atom is -0.488 e. The maximum atomic E-state index is 13.5. The Bertz CT molecular complexity index is 1490. The number of para-hydroxylation sites is 1. The molecular weight excluding hydrogens is 517 g/mol. The summed E-state index contributed by atoms with van der Waals surface area (Å²) >= 11 is 18.4. The Labute approximate surface area is 224 Å². The molecule has 4 aromatic rings. The molecule has 5 rings (SSSR count). The average molecular weight is 541 g/mol. The van der Waals surface area contributed by atoms with Gasteiger partial charge in [0.15, 0.2) is 0 Å². The van der Waals surface area contributed by atoms with E-state index in [9.17, 15) is 4.79 Å². The summed E-state index contributed by atoms with van der Waals surface area (Å²) in [7, 11) is 0. The summed E-state index contributed by atoms with van der Waals surface area (Å²) in [6.45, 7) is 0.282. The van der Waals surface area contributed by atoms with Crippen molar-refractivity contribution in [3.05, 3.63) is 103 Å². The van der Waals surface area contributed by atoms with Gasteiger partial charge in [-0.25, -0.2) is 4.98 Å². The van der Waals surface area contributed by atoms with Crippen molar-refractivity contribution in [1.82, 2.24) is 9.66 Å². The zero-order valence-electron chi connectivity index (χ0n) is 19.5. The number of halogens is 3. The molecule has 3 aromatic carbocycles. The average Bonchev–Trinajstić information content (AvgIpc) is 2.90. The fourth-order valence-corrected chi connectivity index (χ4v) is 5.04. The molecule has 184 valence electrons. The minimum atomic E-state index is -0.183. The summed E-state index contributed by atoms with van der Waals surface area (Å²) in [4.78, 5) is 18.3. The van der Waals surface area contributed by atoms with E-state index in [0.717, 1.165) is 31.2 Å². The van der Waals surface area contributed by atoms with Gasteiger partial charge >= 0.3 is 0 Å². The molecule has 8 heteroatoms. The van der Waals surface area contributed by atoms with Gasteiger partial charge in [0.25, 0.3) is 5.56 Å². The lowest BCUT2D eigenvalue weighted by atomic mass is 9.88. The van der Waals surface area contributed by atoms with Crippen molar-refractivity contribution in [2.45, 2.75) is 44.6 Å². The first-order valence-corrected chi connectivity index (χ1v) is 13.1. The van der Waals surface area contributed by atoms with Crippen LogP contribution in [0.1, 0.15) is 55.0 Å². The summed E-state index contributed by atoms with van der Waals surface area (Å²) in [5, 5.41) is 6.65. The predicted octanol–water partition coefficient (Wildman–Crippen LogP) is 7.87. The molecule has 0 saturated heterocycles. The van der Waals surface area contributed by atoms with Gasteiger partial charge in [-0.15, -0.1) is 0 Å². The number of ether oxygens (including phenoxy) is 1. The topological polar surface area (TPSA) is 56.5 Å². The van der Waals surface area contributed by atoms with Gasteiger partial charge < -0.3 is 4.74 Å². The lowest BCUT2D eigenvalue weighted by molar-refractivity contribution is 0.306. The molecule has 5 nitrogen and oxygen atoms in total. The normalized spacial score (nSPS) is 14.5. The Hall–Kier alpha value is -2.86. The van der Waals surface area contributed by atoms with Gasteiger partial charge in [-0.05, 0) is 60.9 Å². The monoisotopic (exact) mass is 539 g/mol. The second-order valence-electron chi connectivity index (χ2n) is 8.90. The molecule has 0 radical (unpaired) electrons. The van der Waals surface area contributed by atoms with Gasteiger partial charge in [-0.3, -0.25) is 4.79 Å². The minimum absolute atomic E-state index is 0.183. The van der Waals surface area contributed by atoms with Crippen molar-refractivity contribution in [2.75, 3.05) is 0 Å². The summed E-state index contributed by atoms with van der Waals surface area (Å²) in [6.07, 6.45) is 7.06. The highest BCUT2D eigenvalue weighted by atomic mass is 35.5. The number of hydrogen-bond donors (Lipinski definition) is 0. The second-order valence-corrected chi connectivity index (χ2v) is 10.2. The van der Waals surface area contributed by atoms with Gasteiger partial charge in [0, 0.05) is 16.5 Å². The Kier molecular flexibility index (Phi) is 7.61. The standard InChI is InChI=1S/C28H24Cl3N3O2/c29-21-11-13-26(36-17-18-10-12-23(30)24(31)14-18)20(15-21)16-32-34-27(19-6-2-1-3-7-19)33-25-9-5-4-8-22(25)28(34)35/h4-5,8-16,19H,1-3,6-7,17H2. The highest BCUT2D eigenvalue weighted by molar-refractivity contribution is 6.42. The number of hydrogen-bond acceptors (Lipinski definition) is 4. The molecule has 36 heavy (non-hydrogen) atoms. The molecule has 1 aliphatic carbocycles. The fraction of sp³-hybridized carbons (Fsp3) is 0.250. The number of aromatic nitrogens is 2. The van der Waals surface area contributed by atoms with Crippen molar-refractivity contribution < 1.29 is 4.74 Å². The Morgan fingerprint density at radius 1 is 0.972 bits per heavy atom. The Morgan fingerprint density at radius 2 is 1.78 bits per heavy atom. The van der Waals surface area contributed by atoms with Crippen LogP contribution in [0.4, 0.5) is 0 Å². The molecule has 0 unspecified atom stereocenters. The molecule has 1 heterocycles. The molecule has 1 saturated carbocycles. The third-order valence-electron chi connectivity index (χ3n) is 6.41. The van der Waals surface area contributed by atoms with Gasteiger partial charge in [0.05, 0.1) is 27.2 Å². The van der Waals surface area contributed by atoms with Crippen LogP contribution in [-0.4, -0.2) is 15.9 Å². The molecule has 0 atom stereocenters. The molecule has 0 amide bonds. The molecule has 1 aromatic heterocycles. The van der Waals surface area contributed by atoms with Gasteiger partial charge in [-0.2, -0.15) is 9.78 Å². The quantitative estimate of drug-likeness (QED) is 0.234. The Balaban J connectivity index is 1.51.